The quantitative estimate of drug-likeness (QED) is 0.797. The van der Waals surface area contributed by atoms with Crippen molar-refractivity contribution in [3.05, 3.63) is 46.2 Å². The van der Waals surface area contributed by atoms with Crippen LogP contribution in [0.1, 0.15) is 10.7 Å². The zero-order chi connectivity index (χ0) is 10.7. The Morgan fingerprint density at radius 1 is 1.33 bits per heavy atom. The van der Waals surface area contributed by atoms with Crippen molar-refractivity contribution in [3.63, 3.8) is 0 Å². The van der Waals surface area contributed by atoms with E-state index in [4.69, 9.17) is 4.74 Å². The lowest BCUT2D eigenvalue weighted by molar-refractivity contribution is 0.301. The number of ether oxygens (including phenoxy) is 1. The van der Waals surface area contributed by atoms with Crippen molar-refractivity contribution in [2.24, 2.45) is 0 Å². The minimum atomic E-state index is -0.258. The minimum absolute atomic E-state index is 0.258. The Kier molecular flexibility index (Phi) is 2.97. The maximum atomic E-state index is 12.6. The zero-order valence-corrected chi connectivity index (χ0v) is 9.05. The first-order chi connectivity index (χ1) is 7.24. The molecule has 0 unspecified atom stereocenters. The van der Waals surface area contributed by atoms with E-state index in [2.05, 4.69) is 4.98 Å². The summed E-state index contributed by atoms with van der Waals surface area (Å²) >= 11 is 1.59. The topological polar surface area (TPSA) is 22.1 Å². The maximum Gasteiger partial charge on any atom is 0.131 e. The van der Waals surface area contributed by atoms with E-state index < -0.39 is 0 Å². The molecule has 0 spiro atoms. The monoisotopic (exact) mass is 223 g/mol. The van der Waals surface area contributed by atoms with Crippen molar-refractivity contribution >= 4 is 11.3 Å². The number of thiazole rings is 1. The third-order valence-corrected chi connectivity index (χ3v) is 2.69. The summed E-state index contributed by atoms with van der Waals surface area (Å²) in [6, 6.07) is 5.96. The third-order valence-electron chi connectivity index (χ3n) is 1.87. The van der Waals surface area contributed by atoms with Gasteiger partial charge in [0.1, 0.15) is 18.2 Å². The van der Waals surface area contributed by atoms with Crippen molar-refractivity contribution in [2.75, 3.05) is 0 Å². The number of benzene rings is 1. The molecule has 15 heavy (non-hydrogen) atoms. The van der Waals surface area contributed by atoms with E-state index in [1.165, 1.54) is 12.1 Å². The Balaban J connectivity index is 1.96. The number of hydrogen-bond donors (Lipinski definition) is 0. The van der Waals surface area contributed by atoms with Gasteiger partial charge in [0, 0.05) is 5.38 Å². The molecule has 1 heterocycles. The molecule has 2 nitrogen and oxygen atoms in total. The number of hydrogen-bond acceptors (Lipinski definition) is 3. The van der Waals surface area contributed by atoms with Crippen LogP contribution in [0.25, 0.3) is 0 Å². The van der Waals surface area contributed by atoms with Gasteiger partial charge in [0.2, 0.25) is 0 Å². The molecular formula is C11H10FNOS. The van der Waals surface area contributed by atoms with Crippen LogP contribution < -0.4 is 4.74 Å². The molecule has 1 aromatic heterocycles. The Labute approximate surface area is 91.4 Å². The molecule has 0 aliphatic rings. The molecule has 0 fully saturated rings. The van der Waals surface area contributed by atoms with Gasteiger partial charge in [0.15, 0.2) is 0 Å². The molecule has 0 bridgehead atoms. The molecule has 1 aromatic carbocycles. The molecule has 0 saturated heterocycles. The Morgan fingerprint density at radius 3 is 2.67 bits per heavy atom. The summed E-state index contributed by atoms with van der Waals surface area (Å²) in [6.45, 7) is 2.38. The molecule has 0 aliphatic heterocycles. The van der Waals surface area contributed by atoms with E-state index in [-0.39, 0.29) is 5.82 Å². The third kappa shape index (κ3) is 2.76. The predicted octanol–water partition coefficient (Wildman–Crippen LogP) is 3.17. The van der Waals surface area contributed by atoms with Crippen LogP contribution in [0.4, 0.5) is 4.39 Å². The lowest BCUT2D eigenvalue weighted by atomic mass is 10.3. The van der Waals surface area contributed by atoms with E-state index in [9.17, 15) is 4.39 Å². The predicted molar refractivity (Wildman–Crippen MR) is 57.6 cm³/mol. The van der Waals surface area contributed by atoms with Crippen molar-refractivity contribution < 1.29 is 9.13 Å². The summed E-state index contributed by atoms with van der Waals surface area (Å²) in [5.41, 5.74) is 0.904. The smallest absolute Gasteiger partial charge is 0.131 e. The minimum Gasteiger partial charge on any atom is -0.487 e. The van der Waals surface area contributed by atoms with Gasteiger partial charge in [-0.3, -0.25) is 0 Å². The average molecular weight is 223 g/mol. The fourth-order valence-corrected chi connectivity index (χ4v) is 1.76. The average Bonchev–Trinajstić information content (AvgIpc) is 2.64. The van der Waals surface area contributed by atoms with Crippen LogP contribution in [0.3, 0.4) is 0 Å². The van der Waals surface area contributed by atoms with E-state index in [0.29, 0.717) is 12.4 Å². The Morgan fingerprint density at radius 2 is 2.07 bits per heavy atom. The van der Waals surface area contributed by atoms with Crippen LogP contribution in [0.5, 0.6) is 5.75 Å². The van der Waals surface area contributed by atoms with Gasteiger partial charge in [-0.05, 0) is 31.2 Å². The molecule has 2 rings (SSSR count). The van der Waals surface area contributed by atoms with Crippen LogP contribution in [-0.2, 0) is 6.61 Å². The number of aromatic nitrogens is 1. The van der Waals surface area contributed by atoms with E-state index >= 15 is 0 Å². The molecule has 0 N–H and O–H groups in total. The summed E-state index contributed by atoms with van der Waals surface area (Å²) in [5, 5.41) is 2.98. The highest BCUT2D eigenvalue weighted by molar-refractivity contribution is 7.09. The largest absolute Gasteiger partial charge is 0.487 e. The van der Waals surface area contributed by atoms with Gasteiger partial charge in [-0.2, -0.15) is 0 Å². The van der Waals surface area contributed by atoms with Gasteiger partial charge >= 0.3 is 0 Å². The highest BCUT2D eigenvalue weighted by atomic mass is 32.1. The Hall–Kier alpha value is -1.42. The number of rotatable bonds is 3. The SMILES string of the molecule is Cc1nc(COc2ccc(F)cc2)cs1. The fourth-order valence-electron chi connectivity index (χ4n) is 1.16. The number of halogens is 1. The van der Waals surface area contributed by atoms with Crippen LogP contribution in [0.2, 0.25) is 0 Å². The van der Waals surface area contributed by atoms with Crippen LogP contribution in [0.15, 0.2) is 29.6 Å². The molecule has 78 valence electrons. The van der Waals surface area contributed by atoms with Gasteiger partial charge in [-0.1, -0.05) is 0 Å². The lowest BCUT2D eigenvalue weighted by Gasteiger charge is -2.03. The molecule has 0 radical (unpaired) electrons. The van der Waals surface area contributed by atoms with Crippen LogP contribution in [0, 0.1) is 12.7 Å². The zero-order valence-electron chi connectivity index (χ0n) is 8.24. The Bertz CT molecular complexity index is 438. The summed E-state index contributed by atoms with van der Waals surface area (Å²) in [5.74, 6) is 0.397. The summed E-state index contributed by atoms with van der Waals surface area (Å²) < 4.78 is 18.0. The number of aryl methyl sites for hydroxylation is 1. The van der Waals surface area contributed by atoms with Gasteiger partial charge in [0.05, 0.1) is 10.7 Å². The molecule has 0 amide bonds. The van der Waals surface area contributed by atoms with Crippen LogP contribution >= 0.6 is 11.3 Å². The van der Waals surface area contributed by atoms with E-state index in [1.54, 1.807) is 23.5 Å². The first-order valence-electron chi connectivity index (χ1n) is 4.53. The fraction of sp³-hybridized carbons (Fsp3) is 0.182. The molecule has 2 aromatic rings. The summed E-state index contributed by atoms with van der Waals surface area (Å²) in [4.78, 5) is 4.26. The normalized spacial score (nSPS) is 10.3. The summed E-state index contributed by atoms with van der Waals surface area (Å²) in [6.07, 6.45) is 0. The van der Waals surface area contributed by atoms with Crippen molar-refractivity contribution in [3.8, 4) is 5.75 Å². The molecule has 0 saturated carbocycles. The molecule has 0 aliphatic carbocycles. The van der Waals surface area contributed by atoms with Crippen molar-refractivity contribution in [2.45, 2.75) is 13.5 Å². The standard InChI is InChI=1S/C11H10FNOS/c1-8-13-10(7-15-8)6-14-11-4-2-9(12)3-5-11/h2-5,7H,6H2,1H3. The van der Waals surface area contributed by atoms with Crippen molar-refractivity contribution in [1.82, 2.24) is 4.98 Å². The van der Waals surface area contributed by atoms with E-state index in [0.717, 1.165) is 10.7 Å². The highest BCUT2D eigenvalue weighted by Gasteiger charge is 1.99. The van der Waals surface area contributed by atoms with Crippen LogP contribution in [-0.4, -0.2) is 4.98 Å². The first-order valence-corrected chi connectivity index (χ1v) is 5.41. The lowest BCUT2D eigenvalue weighted by Crippen LogP contribution is -1.95. The molecule has 4 heteroatoms. The van der Waals surface area contributed by atoms with Gasteiger partial charge in [0.25, 0.3) is 0 Å². The molecule has 0 atom stereocenters. The highest BCUT2D eigenvalue weighted by Crippen LogP contribution is 2.14. The second kappa shape index (κ2) is 4.40. The van der Waals surface area contributed by atoms with Gasteiger partial charge in [-0.15, -0.1) is 11.3 Å². The second-order valence-electron chi connectivity index (χ2n) is 3.10. The maximum absolute atomic E-state index is 12.6. The van der Waals surface area contributed by atoms with E-state index in [1.807, 2.05) is 12.3 Å². The summed E-state index contributed by atoms with van der Waals surface area (Å²) in [7, 11) is 0. The first kappa shape index (κ1) is 10.1. The molecular weight excluding hydrogens is 213 g/mol. The van der Waals surface area contributed by atoms with Gasteiger partial charge in [-0.25, -0.2) is 9.37 Å². The number of nitrogens with zero attached hydrogens (tertiary/aromatic N) is 1. The second-order valence-corrected chi connectivity index (χ2v) is 4.16. The van der Waals surface area contributed by atoms with Crippen molar-refractivity contribution in [1.29, 1.82) is 0 Å². The van der Waals surface area contributed by atoms with Gasteiger partial charge < -0.3 is 4.74 Å².